The van der Waals surface area contributed by atoms with Crippen LogP contribution in [0.25, 0.3) is 11.1 Å². The fourth-order valence-corrected chi connectivity index (χ4v) is 3.54. The van der Waals surface area contributed by atoms with E-state index in [4.69, 9.17) is 27.9 Å². The number of nitrogens with zero attached hydrogens (tertiary/aromatic N) is 1. The summed E-state index contributed by atoms with van der Waals surface area (Å²) in [6.45, 7) is 6.33. The summed E-state index contributed by atoms with van der Waals surface area (Å²) in [6, 6.07) is 10.9. The molecule has 0 unspecified atom stereocenters. The summed E-state index contributed by atoms with van der Waals surface area (Å²) in [7, 11) is 0.548. The Morgan fingerprint density at radius 2 is 2.06 bits per heavy atom. The van der Waals surface area contributed by atoms with E-state index in [0.29, 0.717) is 29.8 Å². The Bertz CT molecular complexity index is 1040. The van der Waals surface area contributed by atoms with Crippen LogP contribution in [-0.2, 0) is 4.65 Å². The molecule has 0 bridgehead atoms. The first-order chi connectivity index (χ1) is 14.9. The third-order valence-corrected chi connectivity index (χ3v) is 5.11. The van der Waals surface area contributed by atoms with E-state index in [-0.39, 0.29) is 18.0 Å². The molecule has 1 amide bonds. The molecule has 0 radical (unpaired) electrons. The Labute approximate surface area is 193 Å². The van der Waals surface area contributed by atoms with Crippen LogP contribution >= 0.6 is 23.2 Å². The minimum atomic E-state index is -0.329. The number of hydrogen-bond acceptors (Lipinski definition) is 4. The number of aromatic nitrogens is 2. The van der Waals surface area contributed by atoms with Gasteiger partial charge in [0.25, 0.3) is 13.4 Å². The molecule has 3 rings (SSSR count). The van der Waals surface area contributed by atoms with Crippen LogP contribution in [0.3, 0.4) is 0 Å². The molecular formula is C22H25BCl2N4O2. The summed E-state index contributed by atoms with van der Waals surface area (Å²) < 4.78 is 5.56. The Morgan fingerprint density at radius 1 is 1.26 bits per heavy atom. The van der Waals surface area contributed by atoms with Gasteiger partial charge >= 0.3 is 0 Å². The molecule has 6 nitrogen and oxygen atoms in total. The third kappa shape index (κ3) is 6.26. The van der Waals surface area contributed by atoms with Crippen molar-refractivity contribution < 1.29 is 9.45 Å². The van der Waals surface area contributed by atoms with Crippen molar-refractivity contribution in [3.63, 3.8) is 0 Å². The van der Waals surface area contributed by atoms with E-state index >= 15 is 0 Å². The zero-order valence-electron chi connectivity index (χ0n) is 17.7. The van der Waals surface area contributed by atoms with E-state index < -0.39 is 0 Å². The van der Waals surface area contributed by atoms with Gasteiger partial charge in [-0.1, -0.05) is 42.2 Å². The summed E-state index contributed by atoms with van der Waals surface area (Å²) in [4.78, 5) is 20.3. The number of benzene rings is 1. The first kappa shape index (κ1) is 23.2. The third-order valence-electron chi connectivity index (χ3n) is 4.58. The van der Waals surface area contributed by atoms with Gasteiger partial charge in [-0.15, -0.1) is 0 Å². The molecule has 3 N–H and O–H groups in total. The minimum Gasteiger partial charge on any atom is -0.437 e. The maximum atomic E-state index is 12.9. The number of carbonyl (C=O) groups excluding carboxylic acids is 1. The van der Waals surface area contributed by atoms with Crippen LogP contribution in [0.2, 0.25) is 16.9 Å². The van der Waals surface area contributed by atoms with Gasteiger partial charge in [0.05, 0.1) is 17.7 Å². The Balaban J connectivity index is 1.80. The van der Waals surface area contributed by atoms with E-state index in [1.165, 1.54) is 0 Å². The molecular weight excluding hydrogens is 434 g/mol. The maximum absolute atomic E-state index is 12.9. The molecule has 2 heterocycles. The molecule has 162 valence electrons. The zero-order valence-corrected chi connectivity index (χ0v) is 19.2. The molecule has 1 atom stereocenters. The van der Waals surface area contributed by atoms with Crippen LogP contribution in [-0.4, -0.2) is 36.0 Å². The van der Waals surface area contributed by atoms with E-state index in [2.05, 4.69) is 20.6 Å². The SMILES string of the molecule is CBOC[C@@H](NC(=O)c1cc(-c2cc(NC(C)C)ncc2Cl)c[nH]1)c1cccc(Cl)c1. The second kappa shape index (κ2) is 10.7. The Kier molecular flexibility index (Phi) is 8.01. The van der Waals surface area contributed by atoms with Crippen LogP contribution in [0.4, 0.5) is 5.82 Å². The molecule has 0 fully saturated rings. The lowest BCUT2D eigenvalue weighted by Gasteiger charge is -2.19. The van der Waals surface area contributed by atoms with Crippen LogP contribution in [0.1, 0.15) is 35.9 Å². The second-order valence-electron chi connectivity index (χ2n) is 7.39. The number of hydrogen-bond donors (Lipinski definition) is 3. The van der Waals surface area contributed by atoms with Gasteiger partial charge in [0.2, 0.25) is 0 Å². The predicted molar refractivity (Wildman–Crippen MR) is 128 cm³/mol. The summed E-state index contributed by atoms with van der Waals surface area (Å²) in [5, 5.41) is 7.39. The highest BCUT2D eigenvalue weighted by Gasteiger charge is 2.18. The molecule has 0 aliphatic rings. The lowest BCUT2D eigenvalue weighted by atomic mass is 10.0. The molecule has 31 heavy (non-hydrogen) atoms. The fourth-order valence-electron chi connectivity index (χ4n) is 3.13. The topological polar surface area (TPSA) is 79.0 Å². The van der Waals surface area contributed by atoms with Gasteiger partial charge in [0, 0.05) is 34.6 Å². The number of nitrogens with one attached hydrogen (secondary N) is 3. The monoisotopic (exact) mass is 458 g/mol. The lowest BCUT2D eigenvalue weighted by molar-refractivity contribution is 0.0917. The number of anilines is 1. The standard InChI is InChI=1S/C22H25BCl2N4O2/c1-13(2)28-21-9-17(18(25)11-27-21)15-8-19(26-10-15)22(30)29-20(12-31-23-3)14-5-4-6-16(24)7-14/h4-11,13,20,23,26H,12H2,1-3H3,(H,27,28)(H,29,30)/t20-/m1/s1. The highest BCUT2D eigenvalue weighted by Crippen LogP contribution is 2.30. The molecule has 0 saturated heterocycles. The maximum Gasteiger partial charge on any atom is 0.271 e. The van der Waals surface area contributed by atoms with E-state index in [9.17, 15) is 4.79 Å². The van der Waals surface area contributed by atoms with E-state index in [1.807, 2.05) is 44.9 Å². The summed E-state index contributed by atoms with van der Waals surface area (Å²) in [6.07, 6.45) is 3.36. The number of aromatic amines is 1. The molecule has 0 aliphatic carbocycles. The van der Waals surface area contributed by atoms with Gasteiger partial charge in [-0.3, -0.25) is 4.79 Å². The number of carbonyl (C=O) groups is 1. The van der Waals surface area contributed by atoms with Crippen LogP contribution < -0.4 is 10.6 Å². The lowest BCUT2D eigenvalue weighted by Crippen LogP contribution is -2.32. The molecule has 2 aromatic heterocycles. The van der Waals surface area contributed by atoms with Gasteiger partial charge in [0.1, 0.15) is 11.5 Å². The molecule has 0 spiro atoms. The van der Waals surface area contributed by atoms with Gasteiger partial charge in [-0.05, 0) is 43.7 Å². The Hall–Kier alpha value is -2.48. The number of amides is 1. The average molecular weight is 459 g/mol. The van der Waals surface area contributed by atoms with Crippen molar-refractivity contribution in [1.82, 2.24) is 15.3 Å². The zero-order chi connectivity index (χ0) is 22.4. The summed E-state index contributed by atoms with van der Waals surface area (Å²) >= 11 is 12.5. The van der Waals surface area contributed by atoms with Crippen molar-refractivity contribution >= 4 is 42.4 Å². The van der Waals surface area contributed by atoms with Gasteiger partial charge in [-0.2, -0.15) is 0 Å². The normalized spacial score (nSPS) is 11.9. The molecule has 1 aromatic carbocycles. The van der Waals surface area contributed by atoms with Crippen molar-refractivity contribution in [3.05, 3.63) is 70.1 Å². The summed E-state index contributed by atoms with van der Waals surface area (Å²) in [5.41, 5.74) is 2.89. The van der Waals surface area contributed by atoms with Crippen LogP contribution in [0.5, 0.6) is 0 Å². The first-order valence-corrected chi connectivity index (χ1v) is 10.9. The number of rotatable bonds is 9. The van der Waals surface area contributed by atoms with Crippen molar-refractivity contribution in [2.45, 2.75) is 32.8 Å². The first-order valence-electron chi connectivity index (χ1n) is 10.1. The summed E-state index contributed by atoms with van der Waals surface area (Å²) in [5.74, 6) is 0.473. The van der Waals surface area contributed by atoms with Crippen molar-refractivity contribution in [2.75, 3.05) is 11.9 Å². The van der Waals surface area contributed by atoms with E-state index in [0.717, 1.165) is 22.5 Å². The fraction of sp³-hybridized carbons (Fsp3) is 0.273. The molecule has 0 aliphatic heterocycles. The van der Waals surface area contributed by atoms with Crippen LogP contribution in [0.15, 0.2) is 48.8 Å². The number of H-pyrrole nitrogens is 1. The number of pyridine rings is 1. The number of halogens is 2. The van der Waals surface area contributed by atoms with Gasteiger partial charge in [-0.25, -0.2) is 4.98 Å². The predicted octanol–water partition coefficient (Wildman–Crippen LogP) is 5.09. The average Bonchev–Trinajstić information content (AvgIpc) is 3.22. The molecule has 9 heteroatoms. The minimum absolute atomic E-state index is 0.239. The Morgan fingerprint density at radius 3 is 2.77 bits per heavy atom. The highest BCUT2D eigenvalue weighted by molar-refractivity contribution is 6.33. The highest BCUT2D eigenvalue weighted by atomic mass is 35.5. The van der Waals surface area contributed by atoms with Crippen molar-refractivity contribution in [2.24, 2.45) is 0 Å². The quantitative estimate of drug-likeness (QED) is 0.390. The van der Waals surface area contributed by atoms with E-state index in [1.54, 1.807) is 24.5 Å². The smallest absolute Gasteiger partial charge is 0.271 e. The van der Waals surface area contributed by atoms with Crippen molar-refractivity contribution in [1.29, 1.82) is 0 Å². The molecule has 3 aromatic rings. The largest absolute Gasteiger partial charge is 0.437 e. The molecule has 0 saturated carbocycles. The van der Waals surface area contributed by atoms with Gasteiger partial charge < -0.3 is 20.3 Å². The second-order valence-corrected chi connectivity index (χ2v) is 8.23. The van der Waals surface area contributed by atoms with Gasteiger partial charge in [0.15, 0.2) is 0 Å². The van der Waals surface area contributed by atoms with Crippen LogP contribution in [0, 0.1) is 0 Å². The van der Waals surface area contributed by atoms with Crippen molar-refractivity contribution in [3.8, 4) is 11.1 Å².